The number of hydrogen-bond donors (Lipinski definition) is 0. The predicted molar refractivity (Wildman–Crippen MR) is 120 cm³/mol. The second kappa shape index (κ2) is 9.92. The summed E-state index contributed by atoms with van der Waals surface area (Å²) >= 11 is 5.94. The van der Waals surface area contributed by atoms with E-state index in [-0.39, 0.29) is 24.2 Å². The Morgan fingerprint density at radius 3 is 2.23 bits per heavy atom. The second-order valence-electron chi connectivity index (χ2n) is 7.65. The molecule has 1 saturated heterocycles. The van der Waals surface area contributed by atoms with Gasteiger partial charge in [0, 0.05) is 38.2 Å². The van der Waals surface area contributed by atoms with Crippen LogP contribution in [-0.2, 0) is 20.6 Å². The van der Waals surface area contributed by atoms with Crippen LogP contribution in [0.25, 0.3) is 0 Å². The van der Waals surface area contributed by atoms with Gasteiger partial charge in [0.1, 0.15) is 0 Å². The molecule has 1 fully saturated rings. The standard InChI is InChI=1S/C22H28ClN3O3S/c1-18(20-8-10-21(23)11-9-20)24(2)22(27)16-25-12-14-26(15-13-25)30(28,29)17-19-6-4-3-5-7-19/h3-11,18H,12-17H2,1-2H3. The number of rotatable bonds is 7. The summed E-state index contributed by atoms with van der Waals surface area (Å²) in [4.78, 5) is 16.5. The van der Waals surface area contributed by atoms with Crippen LogP contribution >= 0.6 is 11.6 Å². The van der Waals surface area contributed by atoms with Crippen LogP contribution < -0.4 is 0 Å². The van der Waals surface area contributed by atoms with Crippen LogP contribution in [-0.4, -0.2) is 68.2 Å². The van der Waals surface area contributed by atoms with Crippen LogP contribution in [0.1, 0.15) is 24.1 Å². The molecule has 0 radical (unpaired) electrons. The molecule has 1 unspecified atom stereocenters. The van der Waals surface area contributed by atoms with Gasteiger partial charge in [0.25, 0.3) is 0 Å². The molecule has 0 spiro atoms. The first-order valence-corrected chi connectivity index (χ1v) is 12.0. The number of carbonyl (C=O) groups excluding carboxylic acids is 1. The van der Waals surface area contributed by atoms with E-state index >= 15 is 0 Å². The van der Waals surface area contributed by atoms with Crippen molar-refractivity contribution in [1.82, 2.24) is 14.1 Å². The SMILES string of the molecule is CC(c1ccc(Cl)cc1)N(C)C(=O)CN1CCN(S(=O)(=O)Cc2ccccc2)CC1. The molecule has 30 heavy (non-hydrogen) atoms. The molecule has 1 amide bonds. The third-order valence-corrected chi connectivity index (χ3v) is 7.70. The molecule has 8 heteroatoms. The van der Waals surface area contributed by atoms with Crippen molar-refractivity contribution >= 4 is 27.5 Å². The zero-order chi connectivity index (χ0) is 21.7. The summed E-state index contributed by atoms with van der Waals surface area (Å²) in [5.74, 6) is 0.0201. The smallest absolute Gasteiger partial charge is 0.236 e. The zero-order valence-corrected chi connectivity index (χ0v) is 18.9. The molecule has 0 aliphatic carbocycles. The monoisotopic (exact) mass is 449 g/mol. The van der Waals surface area contributed by atoms with Gasteiger partial charge < -0.3 is 4.90 Å². The highest BCUT2D eigenvalue weighted by molar-refractivity contribution is 7.88. The van der Waals surface area contributed by atoms with E-state index in [2.05, 4.69) is 0 Å². The number of carbonyl (C=O) groups is 1. The van der Waals surface area contributed by atoms with Gasteiger partial charge in [0.05, 0.1) is 18.3 Å². The number of piperazine rings is 1. The first kappa shape index (κ1) is 22.7. The molecule has 6 nitrogen and oxygen atoms in total. The molecule has 1 atom stereocenters. The fraction of sp³-hybridized carbons (Fsp3) is 0.409. The maximum atomic E-state index is 12.7. The fourth-order valence-electron chi connectivity index (χ4n) is 3.53. The predicted octanol–water partition coefficient (Wildman–Crippen LogP) is 3.01. The average Bonchev–Trinajstić information content (AvgIpc) is 2.74. The second-order valence-corrected chi connectivity index (χ2v) is 10.1. The maximum absolute atomic E-state index is 12.7. The number of amides is 1. The number of sulfonamides is 1. The summed E-state index contributed by atoms with van der Waals surface area (Å²) in [5, 5.41) is 0.667. The molecule has 2 aromatic carbocycles. The Kier molecular flexibility index (Phi) is 7.52. The number of hydrogen-bond acceptors (Lipinski definition) is 4. The van der Waals surface area contributed by atoms with Gasteiger partial charge in [-0.05, 0) is 30.2 Å². The van der Waals surface area contributed by atoms with Crippen molar-refractivity contribution < 1.29 is 13.2 Å². The minimum atomic E-state index is -3.36. The highest BCUT2D eigenvalue weighted by Gasteiger charge is 2.28. The van der Waals surface area contributed by atoms with Crippen molar-refractivity contribution in [3.63, 3.8) is 0 Å². The Labute approximate surface area is 184 Å². The van der Waals surface area contributed by atoms with Gasteiger partial charge in [-0.1, -0.05) is 54.1 Å². The lowest BCUT2D eigenvalue weighted by Gasteiger charge is -2.35. The lowest BCUT2D eigenvalue weighted by Crippen LogP contribution is -2.51. The van der Waals surface area contributed by atoms with Crippen molar-refractivity contribution in [3.05, 3.63) is 70.7 Å². The number of benzene rings is 2. The van der Waals surface area contributed by atoms with Crippen molar-refractivity contribution in [1.29, 1.82) is 0 Å². The number of likely N-dealkylation sites (N-methyl/N-ethyl adjacent to an activating group) is 1. The molecule has 0 aromatic heterocycles. The fourth-order valence-corrected chi connectivity index (χ4v) is 5.17. The van der Waals surface area contributed by atoms with E-state index < -0.39 is 10.0 Å². The molecule has 3 rings (SSSR count). The summed E-state index contributed by atoms with van der Waals surface area (Å²) < 4.78 is 26.9. The Bertz CT molecular complexity index is 943. The molecule has 2 aromatic rings. The maximum Gasteiger partial charge on any atom is 0.236 e. The first-order chi connectivity index (χ1) is 14.3. The number of halogens is 1. The lowest BCUT2D eigenvalue weighted by atomic mass is 10.1. The minimum Gasteiger partial charge on any atom is -0.338 e. The Hall–Kier alpha value is -1.93. The summed E-state index contributed by atoms with van der Waals surface area (Å²) in [5.41, 5.74) is 1.81. The van der Waals surface area contributed by atoms with Crippen LogP contribution in [0.5, 0.6) is 0 Å². The summed E-state index contributed by atoms with van der Waals surface area (Å²) in [7, 11) is -1.56. The van der Waals surface area contributed by atoms with Gasteiger partial charge in [0.2, 0.25) is 15.9 Å². The van der Waals surface area contributed by atoms with E-state index in [0.29, 0.717) is 31.2 Å². The topological polar surface area (TPSA) is 60.9 Å². The van der Waals surface area contributed by atoms with Gasteiger partial charge >= 0.3 is 0 Å². The van der Waals surface area contributed by atoms with Crippen molar-refractivity contribution in [3.8, 4) is 0 Å². The molecule has 1 aliphatic rings. The lowest BCUT2D eigenvalue weighted by molar-refractivity contribution is -0.133. The van der Waals surface area contributed by atoms with Crippen LogP contribution in [0.2, 0.25) is 5.02 Å². The van der Waals surface area contributed by atoms with E-state index in [0.717, 1.165) is 11.1 Å². The third-order valence-electron chi connectivity index (χ3n) is 5.60. The summed E-state index contributed by atoms with van der Waals surface area (Å²) in [6.07, 6.45) is 0. The molecular weight excluding hydrogens is 422 g/mol. The van der Waals surface area contributed by atoms with E-state index in [1.54, 1.807) is 11.9 Å². The van der Waals surface area contributed by atoms with Crippen LogP contribution in [0, 0.1) is 0 Å². The van der Waals surface area contributed by atoms with Crippen LogP contribution in [0.3, 0.4) is 0 Å². The highest BCUT2D eigenvalue weighted by Crippen LogP contribution is 2.21. The minimum absolute atomic E-state index is 0.00805. The largest absolute Gasteiger partial charge is 0.338 e. The first-order valence-electron chi connectivity index (χ1n) is 10.0. The van der Waals surface area contributed by atoms with Crippen LogP contribution in [0.4, 0.5) is 0 Å². The molecule has 0 saturated carbocycles. The quantitative estimate of drug-likeness (QED) is 0.652. The Morgan fingerprint density at radius 2 is 1.63 bits per heavy atom. The Balaban J connectivity index is 1.51. The third kappa shape index (κ3) is 5.82. The zero-order valence-electron chi connectivity index (χ0n) is 17.4. The van der Waals surface area contributed by atoms with Gasteiger partial charge in [-0.3, -0.25) is 9.69 Å². The highest BCUT2D eigenvalue weighted by atomic mass is 35.5. The van der Waals surface area contributed by atoms with Gasteiger partial charge in [-0.2, -0.15) is 4.31 Å². The molecule has 0 N–H and O–H groups in total. The van der Waals surface area contributed by atoms with E-state index in [1.807, 2.05) is 66.4 Å². The normalized spacial score (nSPS) is 16.9. The number of nitrogens with zero attached hydrogens (tertiary/aromatic N) is 3. The Morgan fingerprint density at radius 1 is 1.03 bits per heavy atom. The van der Waals surface area contributed by atoms with Crippen molar-refractivity contribution in [2.75, 3.05) is 39.8 Å². The van der Waals surface area contributed by atoms with Gasteiger partial charge in [-0.25, -0.2) is 8.42 Å². The van der Waals surface area contributed by atoms with Gasteiger partial charge in [0.15, 0.2) is 0 Å². The molecule has 1 heterocycles. The van der Waals surface area contributed by atoms with Crippen molar-refractivity contribution in [2.45, 2.75) is 18.7 Å². The summed E-state index contributed by atoms with van der Waals surface area (Å²) in [6.45, 7) is 4.15. The average molecular weight is 450 g/mol. The molecular formula is C22H28ClN3O3S. The van der Waals surface area contributed by atoms with E-state index in [4.69, 9.17) is 11.6 Å². The van der Waals surface area contributed by atoms with E-state index in [1.165, 1.54) is 4.31 Å². The molecule has 1 aliphatic heterocycles. The summed E-state index contributed by atoms with van der Waals surface area (Å²) in [6, 6.07) is 16.6. The van der Waals surface area contributed by atoms with E-state index in [9.17, 15) is 13.2 Å². The van der Waals surface area contributed by atoms with Crippen LogP contribution in [0.15, 0.2) is 54.6 Å². The van der Waals surface area contributed by atoms with Crippen molar-refractivity contribution in [2.24, 2.45) is 0 Å². The molecule has 0 bridgehead atoms. The van der Waals surface area contributed by atoms with Gasteiger partial charge in [-0.15, -0.1) is 0 Å². The molecule has 162 valence electrons.